The lowest BCUT2D eigenvalue weighted by atomic mass is 10.1. The summed E-state index contributed by atoms with van der Waals surface area (Å²) in [5.41, 5.74) is 1.12. The van der Waals surface area contributed by atoms with Gasteiger partial charge in [0.05, 0.1) is 19.3 Å². The number of halogens is 1. The molecular weight excluding hydrogens is 453 g/mol. The van der Waals surface area contributed by atoms with Crippen molar-refractivity contribution in [3.63, 3.8) is 0 Å². The smallest absolute Gasteiger partial charge is 0.191 e. The third kappa shape index (κ3) is 9.10. The SMILES string of the molecule is CCNC(=NCc1ccc(N2CCOC(C)C2)nc1)NCCCC(C)C.I. The summed E-state index contributed by atoms with van der Waals surface area (Å²) >= 11 is 0. The molecule has 1 aliphatic rings. The minimum absolute atomic E-state index is 0. The molecule has 0 saturated carbocycles. The molecule has 0 aromatic carbocycles. The minimum atomic E-state index is 0. The van der Waals surface area contributed by atoms with Gasteiger partial charge in [-0.15, -0.1) is 24.0 Å². The van der Waals surface area contributed by atoms with E-state index < -0.39 is 0 Å². The number of pyridine rings is 1. The highest BCUT2D eigenvalue weighted by Crippen LogP contribution is 2.15. The second-order valence-corrected chi connectivity index (χ2v) is 7.31. The Hall–Kier alpha value is -1.09. The van der Waals surface area contributed by atoms with Crippen molar-refractivity contribution in [3.05, 3.63) is 23.9 Å². The van der Waals surface area contributed by atoms with Crippen LogP contribution >= 0.6 is 24.0 Å². The Balaban J connectivity index is 0.00000364. The Morgan fingerprint density at radius 1 is 1.37 bits per heavy atom. The Kier molecular flexibility index (Phi) is 11.7. The van der Waals surface area contributed by atoms with Crippen molar-refractivity contribution in [3.8, 4) is 0 Å². The van der Waals surface area contributed by atoms with E-state index in [1.807, 2.05) is 6.20 Å². The fraction of sp³-hybridized carbons (Fsp3) is 0.700. The van der Waals surface area contributed by atoms with Gasteiger partial charge in [0.1, 0.15) is 5.82 Å². The first-order chi connectivity index (χ1) is 12.6. The maximum absolute atomic E-state index is 5.59. The van der Waals surface area contributed by atoms with E-state index in [1.165, 1.54) is 6.42 Å². The van der Waals surface area contributed by atoms with E-state index in [0.717, 1.165) is 62.5 Å². The van der Waals surface area contributed by atoms with Crippen LogP contribution in [0.25, 0.3) is 0 Å². The van der Waals surface area contributed by atoms with Gasteiger partial charge >= 0.3 is 0 Å². The molecule has 1 aromatic heterocycles. The first-order valence-corrected chi connectivity index (χ1v) is 9.92. The zero-order valence-electron chi connectivity index (χ0n) is 17.2. The first kappa shape index (κ1) is 23.9. The predicted octanol–water partition coefficient (Wildman–Crippen LogP) is 3.42. The predicted molar refractivity (Wildman–Crippen MR) is 124 cm³/mol. The van der Waals surface area contributed by atoms with Gasteiger partial charge < -0.3 is 20.3 Å². The first-order valence-electron chi connectivity index (χ1n) is 9.92. The third-order valence-corrected chi connectivity index (χ3v) is 4.39. The molecule has 1 atom stereocenters. The van der Waals surface area contributed by atoms with Crippen LogP contribution in [-0.2, 0) is 11.3 Å². The Bertz CT molecular complexity index is 550. The van der Waals surface area contributed by atoms with Gasteiger partial charge in [-0.05, 0) is 44.2 Å². The number of nitrogens with one attached hydrogen (secondary N) is 2. The summed E-state index contributed by atoms with van der Waals surface area (Å²) in [7, 11) is 0. The van der Waals surface area contributed by atoms with Crippen LogP contribution in [0, 0.1) is 5.92 Å². The van der Waals surface area contributed by atoms with Crippen LogP contribution in [0.15, 0.2) is 23.3 Å². The van der Waals surface area contributed by atoms with Gasteiger partial charge in [-0.2, -0.15) is 0 Å². The molecule has 1 aliphatic heterocycles. The van der Waals surface area contributed by atoms with Gasteiger partial charge in [0.2, 0.25) is 0 Å². The largest absolute Gasteiger partial charge is 0.375 e. The number of nitrogens with zero attached hydrogens (tertiary/aromatic N) is 3. The highest BCUT2D eigenvalue weighted by atomic mass is 127. The molecule has 27 heavy (non-hydrogen) atoms. The number of ether oxygens (including phenoxy) is 1. The average molecular weight is 489 g/mol. The maximum atomic E-state index is 5.59. The van der Waals surface area contributed by atoms with Crippen LogP contribution in [-0.4, -0.2) is 49.8 Å². The Morgan fingerprint density at radius 3 is 2.81 bits per heavy atom. The summed E-state index contributed by atoms with van der Waals surface area (Å²) in [4.78, 5) is 11.6. The normalized spacial score (nSPS) is 17.6. The van der Waals surface area contributed by atoms with Crippen LogP contribution in [0.2, 0.25) is 0 Å². The van der Waals surface area contributed by atoms with E-state index in [-0.39, 0.29) is 30.1 Å². The van der Waals surface area contributed by atoms with E-state index >= 15 is 0 Å². The van der Waals surface area contributed by atoms with Crippen molar-refractivity contribution in [2.45, 2.75) is 53.2 Å². The molecule has 7 heteroatoms. The van der Waals surface area contributed by atoms with E-state index in [1.54, 1.807) is 0 Å². The molecule has 1 fully saturated rings. The highest BCUT2D eigenvalue weighted by molar-refractivity contribution is 14.0. The van der Waals surface area contributed by atoms with Gasteiger partial charge in [-0.1, -0.05) is 19.9 Å². The molecule has 154 valence electrons. The van der Waals surface area contributed by atoms with Crippen LogP contribution in [0.5, 0.6) is 0 Å². The average Bonchev–Trinajstić information content (AvgIpc) is 2.63. The third-order valence-electron chi connectivity index (χ3n) is 4.39. The molecule has 1 saturated heterocycles. The van der Waals surface area contributed by atoms with Crippen molar-refractivity contribution in [2.24, 2.45) is 10.9 Å². The summed E-state index contributed by atoms with van der Waals surface area (Å²) in [5.74, 6) is 2.64. The number of anilines is 1. The zero-order chi connectivity index (χ0) is 18.8. The van der Waals surface area contributed by atoms with Crippen molar-refractivity contribution >= 4 is 35.8 Å². The molecule has 2 rings (SSSR count). The van der Waals surface area contributed by atoms with E-state index in [4.69, 9.17) is 4.74 Å². The van der Waals surface area contributed by atoms with Gasteiger partial charge in [-0.3, -0.25) is 0 Å². The standard InChI is InChI=1S/C20H35N5O.HI/c1-5-21-20(22-10-6-7-16(2)3)24-14-18-8-9-19(23-13-18)25-11-12-26-17(4)15-25;/h8-9,13,16-17H,5-7,10-12,14-15H2,1-4H3,(H2,21,22,24);1H. The molecule has 1 aromatic rings. The van der Waals surface area contributed by atoms with Gasteiger partial charge in [0, 0.05) is 32.4 Å². The summed E-state index contributed by atoms with van der Waals surface area (Å²) in [6, 6.07) is 4.21. The van der Waals surface area contributed by atoms with Crippen molar-refractivity contribution in [2.75, 3.05) is 37.7 Å². The number of hydrogen-bond donors (Lipinski definition) is 2. The molecule has 0 spiro atoms. The zero-order valence-corrected chi connectivity index (χ0v) is 19.5. The number of rotatable bonds is 8. The van der Waals surface area contributed by atoms with Crippen LogP contribution in [0.1, 0.15) is 46.1 Å². The fourth-order valence-electron chi connectivity index (χ4n) is 2.95. The quantitative estimate of drug-likeness (QED) is 0.254. The molecule has 0 bridgehead atoms. The topological polar surface area (TPSA) is 61.8 Å². The van der Waals surface area contributed by atoms with Crippen molar-refractivity contribution < 1.29 is 4.74 Å². The molecule has 2 N–H and O–H groups in total. The van der Waals surface area contributed by atoms with Gasteiger partial charge in [0.25, 0.3) is 0 Å². The molecule has 6 nitrogen and oxygen atoms in total. The van der Waals surface area contributed by atoms with E-state index in [2.05, 4.69) is 65.3 Å². The maximum Gasteiger partial charge on any atom is 0.191 e. The number of morpholine rings is 1. The van der Waals surface area contributed by atoms with Crippen LogP contribution < -0.4 is 15.5 Å². The summed E-state index contributed by atoms with van der Waals surface area (Å²) in [6.07, 6.45) is 4.59. The fourth-order valence-corrected chi connectivity index (χ4v) is 2.95. The van der Waals surface area contributed by atoms with Crippen LogP contribution in [0.3, 0.4) is 0 Å². The molecule has 0 amide bonds. The summed E-state index contributed by atoms with van der Waals surface area (Å²) in [5, 5.41) is 6.72. The number of guanidine groups is 1. The van der Waals surface area contributed by atoms with Crippen LogP contribution in [0.4, 0.5) is 5.82 Å². The molecule has 2 heterocycles. The molecular formula is C20H36IN5O. The highest BCUT2D eigenvalue weighted by Gasteiger charge is 2.17. The summed E-state index contributed by atoms with van der Waals surface area (Å²) in [6.45, 7) is 13.7. The van der Waals surface area contributed by atoms with E-state index in [9.17, 15) is 0 Å². The molecule has 1 unspecified atom stereocenters. The number of aromatic nitrogens is 1. The lowest BCUT2D eigenvalue weighted by molar-refractivity contribution is 0.0529. The Labute approximate surface area is 181 Å². The number of aliphatic imine (C=N–C) groups is 1. The number of hydrogen-bond acceptors (Lipinski definition) is 4. The second-order valence-electron chi connectivity index (χ2n) is 7.31. The lowest BCUT2D eigenvalue weighted by Crippen LogP contribution is -2.41. The van der Waals surface area contributed by atoms with Gasteiger partial charge in [0.15, 0.2) is 5.96 Å². The van der Waals surface area contributed by atoms with Crippen molar-refractivity contribution in [1.82, 2.24) is 15.6 Å². The molecule has 0 radical (unpaired) electrons. The van der Waals surface area contributed by atoms with E-state index in [0.29, 0.717) is 6.54 Å². The summed E-state index contributed by atoms with van der Waals surface area (Å²) < 4.78 is 5.59. The minimum Gasteiger partial charge on any atom is -0.375 e. The van der Waals surface area contributed by atoms with Crippen molar-refractivity contribution in [1.29, 1.82) is 0 Å². The molecule has 0 aliphatic carbocycles. The van der Waals surface area contributed by atoms with Gasteiger partial charge in [-0.25, -0.2) is 9.98 Å². The Morgan fingerprint density at radius 2 is 2.19 bits per heavy atom. The monoisotopic (exact) mass is 489 g/mol. The second kappa shape index (κ2) is 13.1. The lowest BCUT2D eigenvalue weighted by Gasteiger charge is -2.32.